The Kier molecular flexibility index (Phi) is 11.3. The van der Waals surface area contributed by atoms with Crippen LogP contribution in [-0.4, -0.2) is 64.6 Å². The van der Waals surface area contributed by atoms with Gasteiger partial charge < -0.3 is 35.1 Å². The molecule has 12 heteroatoms. The summed E-state index contributed by atoms with van der Waals surface area (Å²) in [5.74, 6) is -3.88. The molecule has 270 valence electrons. The Morgan fingerprint density at radius 1 is 1.14 bits per heavy atom. The molecule has 3 aromatic rings. The first-order chi connectivity index (χ1) is 23.7. The number of ether oxygens (including phenoxy) is 3. The molecule has 9 nitrogen and oxygen atoms in total. The number of amides is 2. The number of unbranched alkanes of at least 4 members (excludes halogenated alkanes) is 1. The standard InChI is InChI=1S/C38H45ClF2N2O7/c1-5-6-18-48-36(46)43(25-14-16-37(4,47)17-15-25)21-38(24-10-8-7-9-11-24)23(3)30-29(50-38)19-27(40)33(39)32(30)31-26(35(42)45)12-13-28(34(31)41)49-20-22(2)44/h7-13,19,22-23,25,44,47H,5-6,14-18,20-21H2,1-4H3,(H2,42,45)/t22-,23-,25?,37?,38-/m0/s1. The average Bonchev–Trinajstić information content (AvgIpc) is 3.35. The smallest absolute Gasteiger partial charge is 0.410 e. The van der Waals surface area contributed by atoms with Crippen molar-refractivity contribution in [3.63, 3.8) is 0 Å². The average molecular weight is 715 g/mol. The Morgan fingerprint density at radius 2 is 1.82 bits per heavy atom. The molecule has 1 aliphatic carbocycles. The molecule has 3 aromatic carbocycles. The number of carbonyl (C=O) groups excluding carboxylic acids is 2. The number of benzene rings is 3. The molecular weight excluding hydrogens is 670 g/mol. The van der Waals surface area contributed by atoms with E-state index in [0.717, 1.165) is 12.5 Å². The van der Waals surface area contributed by atoms with Gasteiger partial charge in [-0.3, -0.25) is 4.79 Å². The van der Waals surface area contributed by atoms with Crippen molar-refractivity contribution >= 4 is 23.6 Å². The minimum Gasteiger partial charge on any atom is -0.488 e. The van der Waals surface area contributed by atoms with Gasteiger partial charge >= 0.3 is 6.09 Å². The van der Waals surface area contributed by atoms with Crippen LogP contribution in [0.5, 0.6) is 11.5 Å². The second-order valence-electron chi connectivity index (χ2n) is 13.7. The monoisotopic (exact) mass is 714 g/mol. The number of hydrogen-bond donors (Lipinski definition) is 3. The first kappa shape index (κ1) is 37.3. The lowest BCUT2D eigenvalue weighted by atomic mass is 9.76. The highest BCUT2D eigenvalue weighted by Crippen LogP contribution is 2.57. The quantitative estimate of drug-likeness (QED) is 0.166. The summed E-state index contributed by atoms with van der Waals surface area (Å²) < 4.78 is 50.3. The van der Waals surface area contributed by atoms with Gasteiger partial charge in [-0.25, -0.2) is 13.6 Å². The number of nitrogens with two attached hydrogens (primary N) is 1. The molecule has 3 atom stereocenters. The lowest BCUT2D eigenvalue weighted by Gasteiger charge is -2.43. The Morgan fingerprint density at radius 3 is 2.44 bits per heavy atom. The number of primary amides is 1. The zero-order valence-corrected chi connectivity index (χ0v) is 29.6. The van der Waals surface area contributed by atoms with E-state index in [-0.39, 0.29) is 54.0 Å². The molecule has 0 bridgehead atoms. The molecule has 50 heavy (non-hydrogen) atoms. The number of hydrogen-bond acceptors (Lipinski definition) is 7. The van der Waals surface area contributed by atoms with E-state index < -0.39 is 51.9 Å². The third kappa shape index (κ3) is 7.41. The fourth-order valence-electron chi connectivity index (χ4n) is 7.03. The van der Waals surface area contributed by atoms with Crippen molar-refractivity contribution in [3.05, 3.63) is 81.9 Å². The molecule has 2 amide bonds. The molecule has 2 aliphatic rings. The van der Waals surface area contributed by atoms with Gasteiger partial charge in [0.25, 0.3) is 0 Å². The highest BCUT2D eigenvalue weighted by atomic mass is 35.5. The van der Waals surface area contributed by atoms with Crippen LogP contribution in [0, 0.1) is 11.6 Å². The van der Waals surface area contributed by atoms with E-state index >= 15 is 8.78 Å². The normalized spacial score (nSPS) is 23.5. The molecular formula is C38H45ClF2N2O7. The zero-order chi connectivity index (χ0) is 36.4. The summed E-state index contributed by atoms with van der Waals surface area (Å²) in [6.45, 7) is 6.99. The SMILES string of the molecule is CCCCOC(=O)N(C[C@]1(c2ccccc2)Oc2cc(F)c(Cl)c(-c3c(C(N)=O)ccc(OC[C@H](C)O)c3F)c2[C@@H]1C)C1CCC(C)(O)CC1. The molecule has 0 unspecified atom stereocenters. The largest absolute Gasteiger partial charge is 0.488 e. The lowest BCUT2D eigenvalue weighted by Crippen LogP contribution is -2.53. The van der Waals surface area contributed by atoms with E-state index in [9.17, 15) is 19.8 Å². The molecule has 0 saturated heterocycles. The molecule has 0 spiro atoms. The molecule has 1 saturated carbocycles. The first-order valence-corrected chi connectivity index (χ1v) is 17.4. The van der Waals surface area contributed by atoms with Gasteiger partial charge in [-0.1, -0.05) is 62.2 Å². The van der Waals surface area contributed by atoms with E-state index in [1.54, 1.807) is 11.8 Å². The van der Waals surface area contributed by atoms with Gasteiger partial charge in [0, 0.05) is 34.7 Å². The lowest BCUT2D eigenvalue weighted by molar-refractivity contribution is -0.0298. The minimum absolute atomic E-state index is 0.0357. The summed E-state index contributed by atoms with van der Waals surface area (Å²) in [5, 5.41) is 20.0. The highest BCUT2D eigenvalue weighted by molar-refractivity contribution is 6.34. The number of carbonyl (C=O) groups is 2. The zero-order valence-electron chi connectivity index (χ0n) is 28.8. The van der Waals surface area contributed by atoms with Crippen molar-refractivity contribution in [2.75, 3.05) is 19.8 Å². The van der Waals surface area contributed by atoms with Crippen LogP contribution in [0.1, 0.15) is 93.6 Å². The van der Waals surface area contributed by atoms with Crippen molar-refractivity contribution in [1.29, 1.82) is 0 Å². The molecule has 1 heterocycles. The minimum atomic E-state index is -1.36. The fourth-order valence-corrected chi connectivity index (χ4v) is 7.28. The van der Waals surface area contributed by atoms with Crippen LogP contribution in [0.25, 0.3) is 11.1 Å². The molecule has 1 fully saturated rings. The predicted octanol–water partition coefficient (Wildman–Crippen LogP) is 7.47. The Bertz CT molecular complexity index is 1710. The van der Waals surface area contributed by atoms with Gasteiger partial charge in [-0.15, -0.1) is 0 Å². The predicted molar refractivity (Wildman–Crippen MR) is 186 cm³/mol. The maximum atomic E-state index is 16.5. The number of aliphatic hydroxyl groups excluding tert-OH is 1. The van der Waals surface area contributed by atoms with Crippen LogP contribution in [0.3, 0.4) is 0 Å². The third-order valence-corrected chi connectivity index (χ3v) is 10.2. The van der Waals surface area contributed by atoms with E-state index in [0.29, 0.717) is 43.2 Å². The number of rotatable bonds is 12. The maximum Gasteiger partial charge on any atom is 0.410 e. The van der Waals surface area contributed by atoms with Crippen molar-refractivity contribution in [2.24, 2.45) is 5.73 Å². The van der Waals surface area contributed by atoms with Crippen molar-refractivity contribution < 1.29 is 42.8 Å². The second-order valence-corrected chi connectivity index (χ2v) is 14.1. The van der Waals surface area contributed by atoms with E-state index in [2.05, 4.69) is 0 Å². The summed E-state index contributed by atoms with van der Waals surface area (Å²) in [7, 11) is 0. The number of fused-ring (bicyclic) bond motifs is 1. The van der Waals surface area contributed by atoms with Crippen molar-refractivity contribution in [3.8, 4) is 22.6 Å². The van der Waals surface area contributed by atoms with Crippen LogP contribution in [-0.2, 0) is 10.3 Å². The number of nitrogens with zero attached hydrogens (tertiary/aromatic N) is 1. The highest BCUT2D eigenvalue weighted by Gasteiger charge is 2.53. The van der Waals surface area contributed by atoms with Gasteiger partial charge in [0.15, 0.2) is 17.2 Å². The van der Waals surface area contributed by atoms with Crippen molar-refractivity contribution in [2.45, 2.75) is 95.5 Å². The number of halogens is 3. The molecule has 0 radical (unpaired) electrons. The topological polar surface area (TPSA) is 132 Å². The van der Waals surface area contributed by atoms with Gasteiger partial charge in [-0.2, -0.15) is 0 Å². The van der Waals surface area contributed by atoms with Crippen molar-refractivity contribution in [1.82, 2.24) is 4.90 Å². The number of aliphatic hydroxyl groups is 2. The second kappa shape index (κ2) is 15.1. The summed E-state index contributed by atoms with van der Waals surface area (Å²) in [4.78, 5) is 28.3. The van der Waals surface area contributed by atoms with Gasteiger partial charge in [0.1, 0.15) is 18.2 Å². The molecule has 1 aliphatic heterocycles. The van der Waals surface area contributed by atoms with Gasteiger partial charge in [0.2, 0.25) is 5.91 Å². The van der Waals surface area contributed by atoms with Crippen LogP contribution in [0.15, 0.2) is 48.5 Å². The fraction of sp³-hybridized carbons (Fsp3) is 0.474. The Balaban J connectivity index is 1.69. The van der Waals surface area contributed by atoms with Crippen LogP contribution in [0.2, 0.25) is 5.02 Å². The van der Waals surface area contributed by atoms with Crippen LogP contribution < -0.4 is 15.2 Å². The Labute approximate surface area is 296 Å². The van der Waals surface area contributed by atoms with Crippen LogP contribution in [0.4, 0.5) is 13.6 Å². The Hall–Kier alpha value is -3.93. The van der Waals surface area contributed by atoms with E-state index in [1.165, 1.54) is 19.1 Å². The summed E-state index contributed by atoms with van der Waals surface area (Å²) in [6, 6.07) is 12.5. The molecule has 0 aromatic heterocycles. The third-order valence-electron chi connectivity index (χ3n) is 9.85. The molecule has 4 N–H and O–H groups in total. The molecule has 5 rings (SSSR count). The summed E-state index contributed by atoms with van der Waals surface area (Å²) in [6.07, 6.45) is 2.01. The van der Waals surface area contributed by atoms with Gasteiger partial charge in [0.05, 0.1) is 35.4 Å². The van der Waals surface area contributed by atoms with E-state index in [4.69, 9.17) is 31.5 Å². The first-order valence-electron chi connectivity index (χ1n) is 17.1. The summed E-state index contributed by atoms with van der Waals surface area (Å²) >= 11 is 6.68. The summed E-state index contributed by atoms with van der Waals surface area (Å²) in [5.41, 5.74) is 3.70. The van der Waals surface area contributed by atoms with Gasteiger partial charge in [-0.05, 0) is 63.6 Å². The van der Waals surface area contributed by atoms with Crippen LogP contribution >= 0.6 is 11.6 Å². The maximum absolute atomic E-state index is 16.5. The van der Waals surface area contributed by atoms with E-state index in [1.807, 2.05) is 44.2 Å².